The fourth-order valence-electron chi connectivity index (χ4n) is 2.08. The summed E-state index contributed by atoms with van der Waals surface area (Å²) >= 11 is 7.31. The van der Waals surface area contributed by atoms with Crippen LogP contribution in [-0.4, -0.2) is 36.5 Å². The molecule has 5 nitrogen and oxygen atoms in total. The summed E-state index contributed by atoms with van der Waals surface area (Å²) < 4.78 is 0.706. The lowest BCUT2D eigenvalue weighted by atomic mass is 10.1. The summed E-state index contributed by atoms with van der Waals surface area (Å²) in [4.78, 5) is 26.4. The molecule has 3 amide bonds. The van der Waals surface area contributed by atoms with Crippen molar-refractivity contribution >= 4 is 34.9 Å². The molecular formula is C13H18ClN3O2S. The summed E-state index contributed by atoms with van der Waals surface area (Å²) in [6.07, 6.45) is 2.59. The minimum absolute atomic E-state index is 0.0941. The van der Waals surface area contributed by atoms with Crippen LogP contribution in [0.2, 0.25) is 4.34 Å². The van der Waals surface area contributed by atoms with Crippen LogP contribution in [0.3, 0.4) is 0 Å². The van der Waals surface area contributed by atoms with E-state index in [1.54, 1.807) is 11.9 Å². The van der Waals surface area contributed by atoms with Crippen LogP contribution in [0.15, 0.2) is 12.1 Å². The average Bonchev–Trinajstić information content (AvgIpc) is 2.70. The number of nitrogens with zero attached hydrogens (tertiary/aromatic N) is 1. The molecule has 2 heterocycles. The Morgan fingerprint density at radius 3 is 3.05 bits per heavy atom. The average molecular weight is 316 g/mol. The molecule has 7 heteroatoms. The van der Waals surface area contributed by atoms with E-state index in [9.17, 15) is 9.59 Å². The monoisotopic (exact) mass is 315 g/mol. The van der Waals surface area contributed by atoms with Gasteiger partial charge in [0.25, 0.3) is 0 Å². The molecule has 0 unspecified atom stereocenters. The Bertz CT molecular complexity index is 492. The van der Waals surface area contributed by atoms with Crippen molar-refractivity contribution in [3.8, 4) is 0 Å². The second-order valence-corrected chi connectivity index (χ2v) is 6.65. The number of amides is 3. The molecule has 1 aromatic rings. The van der Waals surface area contributed by atoms with Gasteiger partial charge in [-0.1, -0.05) is 11.6 Å². The van der Waals surface area contributed by atoms with Crippen molar-refractivity contribution in [2.24, 2.45) is 0 Å². The van der Waals surface area contributed by atoms with E-state index in [2.05, 4.69) is 10.6 Å². The van der Waals surface area contributed by atoms with E-state index in [1.165, 1.54) is 11.3 Å². The Labute approximate surface area is 127 Å². The maximum absolute atomic E-state index is 12.1. The van der Waals surface area contributed by atoms with Gasteiger partial charge in [0.2, 0.25) is 5.91 Å². The second kappa shape index (κ2) is 6.95. The number of nitrogens with one attached hydrogen (secondary N) is 2. The van der Waals surface area contributed by atoms with Crippen molar-refractivity contribution in [2.75, 3.05) is 13.6 Å². The molecule has 1 aromatic heterocycles. The number of thiophene rings is 1. The number of carbonyl (C=O) groups is 2. The Morgan fingerprint density at radius 2 is 2.35 bits per heavy atom. The van der Waals surface area contributed by atoms with Crippen LogP contribution in [0, 0.1) is 0 Å². The van der Waals surface area contributed by atoms with E-state index in [4.69, 9.17) is 11.6 Å². The standard InChI is InChI=1S/C13H18ClN3O2S/c1-17(8-9-5-6-11(14)20-9)13(19)16-10-4-2-3-7-15-12(10)18/h5-6,10H,2-4,7-8H2,1H3,(H,15,18)(H,16,19)/t10-/m0/s1. The van der Waals surface area contributed by atoms with E-state index in [0.717, 1.165) is 17.7 Å². The van der Waals surface area contributed by atoms with Crippen LogP contribution in [0.1, 0.15) is 24.1 Å². The second-order valence-electron chi connectivity index (χ2n) is 4.85. The van der Waals surface area contributed by atoms with Crippen LogP contribution in [-0.2, 0) is 11.3 Å². The first-order chi connectivity index (χ1) is 9.56. The first-order valence-electron chi connectivity index (χ1n) is 6.60. The fraction of sp³-hybridized carbons (Fsp3) is 0.538. The molecule has 0 aromatic carbocycles. The van der Waals surface area contributed by atoms with Gasteiger partial charge in [-0.25, -0.2) is 4.79 Å². The van der Waals surface area contributed by atoms with Gasteiger partial charge in [0.05, 0.1) is 10.9 Å². The Morgan fingerprint density at radius 1 is 1.55 bits per heavy atom. The van der Waals surface area contributed by atoms with Crippen LogP contribution in [0.4, 0.5) is 4.79 Å². The van der Waals surface area contributed by atoms with Crippen molar-refractivity contribution in [3.63, 3.8) is 0 Å². The summed E-state index contributed by atoms with van der Waals surface area (Å²) in [6, 6.07) is 3.04. The molecule has 1 aliphatic rings. The molecule has 1 atom stereocenters. The van der Waals surface area contributed by atoms with Crippen LogP contribution in [0.5, 0.6) is 0 Å². The summed E-state index contributed by atoms with van der Waals surface area (Å²) in [7, 11) is 1.71. The summed E-state index contributed by atoms with van der Waals surface area (Å²) in [5.41, 5.74) is 0. The zero-order valence-electron chi connectivity index (χ0n) is 11.3. The van der Waals surface area contributed by atoms with E-state index < -0.39 is 6.04 Å². The first kappa shape index (κ1) is 15.1. The zero-order chi connectivity index (χ0) is 14.5. The molecule has 0 spiro atoms. The predicted octanol–water partition coefficient (Wildman–Crippen LogP) is 2.21. The van der Waals surface area contributed by atoms with Gasteiger partial charge in [-0.15, -0.1) is 11.3 Å². The first-order valence-corrected chi connectivity index (χ1v) is 7.79. The van der Waals surface area contributed by atoms with Gasteiger partial charge in [0, 0.05) is 18.5 Å². The van der Waals surface area contributed by atoms with Gasteiger partial charge in [-0.3, -0.25) is 4.79 Å². The molecule has 1 saturated heterocycles. The number of carbonyl (C=O) groups excluding carboxylic acids is 2. The van der Waals surface area contributed by atoms with Crippen molar-refractivity contribution < 1.29 is 9.59 Å². The summed E-state index contributed by atoms with van der Waals surface area (Å²) in [6.45, 7) is 1.17. The van der Waals surface area contributed by atoms with Gasteiger partial charge in [0.1, 0.15) is 6.04 Å². The van der Waals surface area contributed by atoms with Crippen LogP contribution in [0.25, 0.3) is 0 Å². The van der Waals surface area contributed by atoms with E-state index in [-0.39, 0.29) is 11.9 Å². The zero-order valence-corrected chi connectivity index (χ0v) is 12.9. The number of urea groups is 1. The maximum atomic E-state index is 12.1. The number of halogens is 1. The van der Waals surface area contributed by atoms with Crippen LogP contribution >= 0.6 is 22.9 Å². The summed E-state index contributed by atoms with van der Waals surface area (Å²) in [5.74, 6) is -0.0941. The molecule has 20 heavy (non-hydrogen) atoms. The molecule has 2 N–H and O–H groups in total. The molecule has 1 aliphatic heterocycles. The van der Waals surface area contributed by atoms with Gasteiger partial charge in [-0.05, 0) is 31.4 Å². The highest BCUT2D eigenvalue weighted by molar-refractivity contribution is 7.16. The van der Waals surface area contributed by atoms with Crippen LogP contribution < -0.4 is 10.6 Å². The quantitative estimate of drug-likeness (QED) is 0.898. The maximum Gasteiger partial charge on any atom is 0.318 e. The molecule has 0 bridgehead atoms. The Balaban J connectivity index is 1.88. The molecule has 2 rings (SSSR count). The Hall–Kier alpha value is -1.27. The lowest BCUT2D eigenvalue weighted by Crippen LogP contribution is -2.49. The van der Waals surface area contributed by atoms with Gasteiger partial charge >= 0.3 is 6.03 Å². The molecule has 110 valence electrons. The third-order valence-electron chi connectivity index (χ3n) is 3.20. The van der Waals surface area contributed by atoms with Crippen molar-refractivity contribution in [2.45, 2.75) is 31.8 Å². The van der Waals surface area contributed by atoms with Gasteiger partial charge in [-0.2, -0.15) is 0 Å². The van der Waals surface area contributed by atoms with Gasteiger partial charge < -0.3 is 15.5 Å². The van der Waals surface area contributed by atoms with Crippen molar-refractivity contribution in [1.29, 1.82) is 0 Å². The smallest absolute Gasteiger partial charge is 0.318 e. The van der Waals surface area contributed by atoms with E-state index in [1.807, 2.05) is 12.1 Å². The highest BCUT2D eigenvalue weighted by atomic mass is 35.5. The largest absolute Gasteiger partial charge is 0.354 e. The molecular weight excluding hydrogens is 298 g/mol. The topological polar surface area (TPSA) is 61.4 Å². The molecule has 0 radical (unpaired) electrons. The lowest BCUT2D eigenvalue weighted by molar-refractivity contribution is -0.122. The fourth-order valence-corrected chi connectivity index (χ4v) is 3.22. The predicted molar refractivity (Wildman–Crippen MR) is 80.0 cm³/mol. The normalized spacial score (nSPS) is 19.1. The third kappa shape index (κ3) is 4.11. The minimum atomic E-state index is -0.431. The third-order valence-corrected chi connectivity index (χ3v) is 4.42. The minimum Gasteiger partial charge on any atom is -0.354 e. The highest BCUT2D eigenvalue weighted by Crippen LogP contribution is 2.22. The van der Waals surface area contributed by atoms with Gasteiger partial charge in [0.15, 0.2) is 0 Å². The number of hydrogen-bond acceptors (Lipinski definition) is 3. The lowest BCUT2D eigenvalue weighted by Gasteiger charge is -2.21. The van der Waals surface area contributed by atoms with Crippen molar-refractivity contribution in [3.05, 3.63) is 21.3 Å². The van der Waals surface area contributed by atoms with E-state index in [0.29, 0.717) is 23.8 Å². The molecule has 0 aliphatic carbocycles. The molecule has 0 saturated carbocycles. The highest BCUT2D eigenvalue weighted by Gasteiger charge is 2.23. The number of hydrogen-bond donors (Lipinski definition) is 2. The number of rotatable bonds is 3. The SMILES string of the molecule is CN(Cc1ccc(Cl)s1)C(=O)N[C@H]1CCCCNC1=O. The van der Waals surface area contributed by atoms with Crippen molar-refractivity contribution in [1.82, 2.24) is 15.5 Å². The summed E-state index contributed by atoms with van der Waals surface area (Å²) in [5, 5.41) is 5.59. The Kier molecular flexibility index (Phi) is 5.25. The van der Waals surface area contributed by atoms with E-state index >= 15 is 0 Å². The molecule has 1 fully saturated rings.